The van der Waals surface area contributed by atoms with Crippen molar-refractivity contribution in [2.24, 2.45) is 11.7 Å². The number of amides is 8. The van der Waals surface area contributed by atoms with Crippen molar-refractivity contribution in [2.45, 2.75) is 142 Å². The zero-order valence-electron chi connectivity index (χ0n) is 66.3. The Hall–Kier alpha value is -10.9. The van der Waals surface area contributed by atoms with Gasteiger partial charge >= 0.3 is 5.97 Å². The van der Waals surface area contributed by atoms with Crippen molar-refractivity contribution in [1.82, 2.24) is 42.5 Å². The summed E-state index contributed by atoms with van der Waals surface area (Å²) in [6.45, 7) is 15.4. The lowest BCUT2D eigenvalue weighted by Gasteiger charge is -2.38. The molecule has 586 valence electrons. The molecule has 0 bridgehead atoms. The summed E-state index contributed by atoms with van der Waals surface area (Å²) in [5.41, 5.74) is 21.4. The quantitative estimate of drug-likeness (QED) is 0.0115. The minimum absolute atomic E-state index is 0.00283. The zero-order chi connectivity index (χ0) is 80.6. The molecule has 8 amide bonds. The van der Waals surface area contributed by atoms with Gasteiger partial charge in [-0.2, -0.15) is 0 Å². The smallest absolute Gasteiger partial charge is 0.303 e. The van der Waals surface area contributed by atoms with Crippen LogP contribution in [0.5, 0.6) is 0 Å². The minimum atomic E-state index is -2.25. The van der Waals surface area contributed by atoms with Gasteiger partial charge in [-0.3, -0.25) is 47.9 Å². The fourth-order valence-electron chi connectivity index (χ4n) is 14.7. The molecule has 25 heteroatoms. The summed E-state index contributed by atoms with van der Waals surface area (Å²) in [7, 11) is 7.87. The Bertz CT molecular complexity index is 4640. The molecule has 0 radical (unpaired) electrons. The number of fused-ring (bicyclic) bond motifs is 4. The van der Waals surface area contributed by atoms with Crippen LogP contribution < -0.4 is 68.4 Å². The number of nitrogens with two attached hydrogens (primary N) is 1. The van der Waals surface area contributed by atoms with Gasteiger partial charge in [-0.15, -0.1) is 0 Å². The number of carbonyl (C=O) groups excluding carboxylic acids is 9. The van der Waals surface area contributed by atoms with Gasteiger partial charge in [0.2, 0.25) is 41.4 Å². The molecule has 4 aliphatic rings. The monoisotopic (exact) mass is 1540 g/mol. The van der Waals surface area contributed by atoms with Gasteiger partial charge in [0.05, 0.1) is 19.5 Å². The number of hydrogen-bond acceptors (Lipinski definition) is 13. The fourth-order valence-corrected chi connectivity index (χ4v) is 20.9. The molecule has 11 N–H and O–H groups in total. The van der Waals surface area contributed by atoms with Crippen LogP contribution in [0.15, 0.2) is 167 Å². The third kappa shape index (κ3) is 21.6. The summed E-state index contributed by atoms with van der Waals surface area (Å²) in [6, 6.07) is 31.5. The Kier molecular flexibility index (Phi) is 28.6. The standard InChI is InChI=1S/C86H108N12O11Si2/c1-53(2)43-70(85(108)91-51-77(101)92-68(82(87)105)23-18-20-42-89-83(106)58-28-26-57(27-29-58)80-64-35-30-59(96(4)5)46-72(64)110(10,11)73-47-60(97(6)7)31-36-65(73)80)95-86(109)71(45-55-21-15-14-16-22-55)94-78(102)52-90-84(107)69(93-76(100)39-40-79(103)104)24-17-19-41-88-50-56-25-34-63(54(3)44-56)81-66-37-32-61(98(8)9)48-74(66)111(12,13)75-49-62(99)33-38-67(75)81/h14-16,21-22,25-38,44,46-49,53,68-71,88H,17-20,23-24,39-43,45,50-52H2,1-13H3,(H9-,87,89,90,91,92,93,94,95,100,101,102,103,104,105,106,107,108,109)/p+1. The van der Waals surface area contributed by atoms with Crippen LogP contribution in [0, 0.1) is 12.8 Å². The highest BCUT2D eigenvalue weighted by molar-refractivity contribution is 6.98. The van der Waals surface area contributed by atoms with E-state index < -0.39 is 107 Å². The maximum absolute atomic E-state index is 14.3. The number of anilines is 2. The average Bonchev–Trinajstić information content (AvgIpc) is 0.727. The highest BCUT2D eigenvalue weighted by Crippen LogP contribution is 2.44. The molecule has 0 saturated heterocycles. The fraction of sp³-hybridized carbons (Fsp3) is 0.384. The first-order valence-corrected chi connectivity index (χ1v) is 44.2. The number of aryl methyl sites for hydroxylation is 1. The minimum Gasteiger partial charge on any atom is -0.481 e. The lowest BCUT2D eigenvalue weighted by Crippen LogP contribution is -2.57. The Labute approximate surface area is 653 Å². The number of rotatable bonds is 36. The van der Waals surface area contributed by atoms with E-state index >= 15 is 0 Å². The SMILES string of the molecule is Cc1cc(CNCCCCC(NC(=O)CCC(=O)O)C(=O)NCC(=O)NC(Cc2ccccc2)C(=O)NC(CC(C)C)C(=O)NCC(=O)NC(CCCCNC(=O)c2ccc(C3=C4C=CC(=[N+](C)C)C=C4[Si](C)(C)c4cc(N(C)C)ccc43)cc2)C(N)=O)ccc1C1=C2C=CC(=O)C=C2[Si](C)(C)c2cc(N(C)C)ccc21. The number of hydrogen-bond donors (Lipinski definition) is 10. The third-order valence-corrected chi connectivity index (χ3v) is 28.0. The Morgan fingerprint density at radius 2 is 1.09 bits per heavy atom. The van der Waals surface area contributed by atoms with Gasteiger partial charge in [0.1, 0.15) is 54.4 Å². The van der Waals surface area contributed by atoms with Crippen LogP contribution >= 0.6 is 0 Å². The van der Waals surface area contributed by atoms with Crippen LogP contribution in [0.25, 0.3) is 11.1 Å². The molecule has 5 aromatic carbocycles. The number of primary amides is 1. The molecule has 23 nitrogen and oxygen atoms in total. The van der Waals surface area contributed by atoms with Crippen molar-refractivity contribution in [2.75, 3.05) is 78.3 Å². The number of carboxylic acids is 1. The van der Waals surface area contributed by atoms with E-state index in [1.54, 1.807) is 36.4 Å². The number of ketones is 1. The van der Waals surface area contributed by atoms with Gasteiger partial charge < -0.3 is 63.2 Å². The molecule has 0 saturated carbocycles. The molecule has 111 heavy (non-hydrogen) atoms. The van der Waals surface area contributed by atoms with Gasteiger partial charge in [0.25, 0.3) is 5.91 Å². The lowest BCUT2D eigenvalue weighted by molar-refractivity contribution is -0.462. The topological polar surface area (TPSA) is 323 Å². The molecule has 0 spiro atoms. The van der Waals surface area contributed by atoms with Gasteiger partial charge in [0, 0.05) is 83.2 Å². The molecule has 4 unspecified atom stereocenters. The molecule has 5 aromatic rings. The van der Waals surface area contributed by atoms with Gasteiger partial charge in [-0.25, -0.2) is 4.58 Å². The first-order chi connectivity index (χ1) is 52.7. The maximum atomic E-state index is 14.3. The average molecular weight is 1540 g/mol. The summed E-state index contributed by atoms with van der Waals surface area (Å²) >= 11 is 0. The number of allylic oxidation sites excluding steroid dienone is 10. The first-order valence-electron chi connectivity index (χ1n) is 38.2. The van der Waals surface area contributed by atoms with E-state index in [0.29, 0.717) is 49.9 Å². The van der Waals surface area contributed by atoms with E-state index in [4.69, 9.17) is 5.73 Å². The number of benzene rings is 5. The highest BCUT2D eigenvalue weighted by atomic mass is 28.3. The van der Waals surface area contributed by atoms with E-state index in [1.807, 2.05) is 64.4 Å². The van der Waals surface area contributed by atoms with Crippen molar-refractivity contribution < 1.29 is 57.6 Å². The summed E-state index contributed by atoms with van der Waals surface area (Å²) in [5.74, 6) is -6.64. The van der Waals surface area contributed by atoms with Crippen LogP contribution in [0.3, 0.4) is 0 Å². The number of carbonyl (C=O) groups is 10. The summed E-state index contributed by atoms with van der Waals surface area (Å²) in [5, 5.41) is 36.7. The Morgan fingerprint density at radius 1 is 0.541 bits per heavy atom. The molecule has 2 aliphatic carbocycles. The second-order valence-electron chi connectivity index (χ2n) is 31.2. The summed E-state index contributed by atoms with van der Waals surface area (Å²) in [4.78, 5) is 137. The lowest BCUT2D eigenvalue weighted by atomic mass is 9.87. The number of aliphatic carboxylic acids is 1. The molecule has 4 atom stereocenters. The molecule has 2 heterocycles. The third-order valence-electron chi connectivity index (χ3n) is 21.0. The number of nitrogens with zero attached hydrogens (tertiary/aromatic N) is 3. The van der Waals surface area contributed by atoms with Crippen LogP contribution in [-0.4, -0.2) is 183 Å². The number of unbranched alkanes of at least 4 members (excludes halogenated alkanes) is 2. The van der Waals surface area contributed by atoms with Gasteiger partial charge in [0.15, 0.2) is 11.5 Å². The van der Waals surface area contributed by atoms with Crippen molar-refractivity contribution in [3.05, 3.63) is 212 Å². The second-order valence-corrected chi connectivity index (χ2v) is 39.9. The molecule has 0 fully saturated rings. The van der Waals surface area contributed by atoms with E-state index in [0.717, 1.165) is 61.3 Å². The van der Waals surface area contributed by atoms with Crippen LogP contribution in [-0.2, 0) is 56.1 Å². The summed E-state index contributed by atoms with van der Waals surface area (Å²) < 4.78 is 2.13. The predicted octanol–water partition coefficient (Wildman–Crippen LogP) is 6.61. The van der Waals surface area contributed by atoms with Crippen LogP contribution in [0.1, 0.15) is 121 Å². The van der Waals surface area contributed by atoms with Crippen molar-refractivity contribution in [3.8, 4) is 0 Å². The van der Waals surface area contributed by atoms with Crippen LogP contribution in [0.2, 0.25) is 26.2 Å². The van der Waals surface area contributed by atoms with Crippen molar-refractivity contribution in [3.63, 3.8) is 0 Å². The van der Waals surface area contributed by atoms with Crippen molar-refractivity contribution >= 4 is 114 Å². The zero-order valence-corrected chi connectivity index (χ0v) is 68.3. The number of nitrogens with one attached hydrogen (secondary N) is 8. The molecule has 2 aliphatic heterocycles. The van der Waals surface area contributed by atoms with E-state index in [2.05, 4.69) is 191 Å². The molecular weight excluding hydrogens is 1430 g/mol. The van der Waals surface area contributed by atoms with Gasteiger partial charge in [-0.05, 0) is 201 Å². The van der Waals surface area contributed by atoms with Gasteiger partial charge in [-0.1, -0.05) is 119 Å². The van der Waals surface area contributed by atoms with Crippen molar-refractivity contribution in [1.29, 1.82) is 0 Å². The normalized spacial score (nSPS) is 15.4. The Morgan fingerprint density at radius 3 is 1.68 bits per heavy atom. The molecular formula is C86H109N12O11Si2+. The predicted molar refractivity (Wildman–Crippen MR) is 443 cm³/mol. The van der Waals surface area contributed by atoms with E-state index in [9.17, 15) is 53.1 Å². The van der Waals surface area contributed by atoms with Crippen LogP contribution in [0.4, 0.5) is 11.4 Å². The highest BCUT2D eigenvalue weighted by Gasteiger charge is 2.43. The summed E-state index contributed by atoms with van der Waals surface area (Å²) in [6.07, 6.45) is 13.6. The molecule has 0 aromatic heterocycles. The largest absolute Gasteiger partial charge is 0.481 e. The number of carboxylic acid groups (broad SMARTS) is 1. The molecule has 9 rings (SSSR count). The first kappa shape index (κ1) is 84.1. The van der Waals surface area contributed by atoms with E-state index in [-0.39, 0.29) is 56.3 Å². The second kappa shape index (κ2) is 37.7. The Balaban J connectivity index is 0.745. The van der Waals surface area contributed by atoms with E-state index in [1.165, 1.54) is 32.3 Å². The maximum Gasteiger partial charge on any atom is 0.303 e.